The van der Waals surface area contributed by atoms with Gasteiger partial charge in [-0.3, -0.25) is 0 Å². The summed E-state index contributed by atoms with van der Waals surface area (Å²) in [6, 6.07) is 9.25. The fourth-order valence-corrected chi connectivity index (χ4v) is 3.61. The van der Waals surface area contributed by atoms with Gasteiger partial charge in [0.2, 0.25) is 0 Å². The molecular weight excluding hydrogens is 242 g/mol. The van der Waals surface area contributed by atoms with Crippen molar-refractivity contribution in [2.75, 3.05) is 0 Å². The number of rotatable bonds is 4. The van der Waals surface area contributed by atoms with Gasteiger partial charge in [-0.15, -0.1) is 0 Å². The molecule has 0 aliphatic heterocycles. The molecule has 1 aromatic carbocycles. The normalized spacial score (nSPS) is 23.8. The minimum absolute atomic E-state index is 0.186. The highest BCUT2D eigenvalue weighted by molar-refractivity contribution is 5.30. The lowest BCUT2D eigenvalue weighted by Crippen LogP contribution is -2.29. The summed E-state index contributed by atoms with van der Waals surface area (Å²) in [4.78, 5) is 0. The molecule has 1 saturated carbocycles. The average Bonchev–Trinajstić information content (AvgIpc) is 2.77. The van der Waals surface area contributed by atoms with Crippen LogP contribution in [0.25, 0.3) is 0 Å². The summed E-state index contributed by atoms with van der Waals surface area (Å²) >= 11 is 0. The minimum atomic E-state index is 0.186. The predicted octanol–water partition coefficient (Wildman–Crippen LogP) is 5.20. The zero-order chi connectivity index (χ0) is 15.0. The van der Waals surface area contributed by atoms with Crippen molar-refractivity contribution < 1.29 is 0 Å². The molecule has 0 saturated heterocycles. The first-order chi connectivity index (χ1) is 9.28. The summed E-state index contributed by atoms with van der Waals surface area (Å²) in [5, 5.41) is 0. The van der Waals surface area contributed by atoms with E-state index in [-0.39, 0.29) is 11.5 Å². The van der Waals surface area contributed by atoms with Crippen molar-refractivity contribution in [3.63, 3.8) is 0 Å². The van der Waals surface area contributed by atoms with E-state index in [1.54, 1.807) is 0 Å². The number of hydrogen-bond donors (Lipinski definition) is 1. The topological polar surface area (TPSA) is 26.0 Å². The number of benzene rings is 1. The van der Waals surface area contributed by atoms with Crippen molar-refractivity contribution in [2.24, 2.45) is 17.1 Å². The highest BCUT2D eigenvalue weighted by Gasteiger charge is 2.38. The van der Waals surface area contributed by atoms with E-state index in [0.717, 1.165) is 6.42 Å². The Morgan fingerprint density at radius 3 is 2.30 bits per heavy atom. The van der Waals surface area contributed by atoms with Gasteiger partial charge in [-0.05, 0) is 47.1 Å². The van der Waals surface area contributed by atoms with Crippen LogP contribution in [-0.4, -0.2) is 0 Å². The Kier molecular flexibility index (Phi) is 4.30. The molecule has 0 aromatic heterocycles. The fraction of sp³-hybridized carbons (Fsp3) is 0.684. The Balaban J connectivity index is 2.18. The van der Waals surface area contributed by atoms with Crippen molar-refractivity contribution in [3.05, 3.63) is 35.4 Å². The SMILES string of the molecule is CCC(C)(C)c1ccc(C(N)C2CCCC2(C)C)cc1. The molecule has 2 atom stereocenters. The Morgan fingerprint density at radius 1 is 1.25 bits per heavy atom. The molecule has 1 nitrogen and oxygen atoms in total. The molecule has 0 spiro atoms. The molecule has 1 fully saturated rings. The third-order valence-electron chi connectivity index (χ3n) is 5.73. The van der Waals surface area contributed by atoms with Crippen molar-refractivity contribution in [3.8, 4) is 0 Å². The van der Waals surface area contributed by atoms with E-state index in [1.807, 2.05) is 0 Å². The van der Waals surface area contributed by atoms with Crippen LogP contribution in [0.3, 0.4) is 0 Å². The molecule has 1 heteroatoms. The van der Waals surface area contributed by atoms with E-state index in [2.05, 4.69) is 58.9 Å². The van der Waals surface area contributed by atoms with Gasteiger partial charge >= 0.3 is 0 Å². The number of nitrogens with two attached hydrogens (primary N) is 1. The van der Waals surface area contributed by atoms with E-state index < -0.39 is 0 Å². The summed E-state index contributed by atoms with van der Waals surface area (Å²) in [7, 11) is 0. The van der Waals surface area contributed by atoms with Gasteiger partial charge < -0.3 is 5.73 Å². The van der Waals surface area contributed by atoms with Crippen LogP contribution in [0.4, 0.5) is 0 Å². The second kappa shape index (κ2) is 5.52. The summed E-state index contributed by atoms with van der Waals surface area (Å²) in [5.74, 6) is 0.618. The average molecular weight is 273 g/mol. The molecule has 112 valence electrons. The van der Waals surface area contributed by atoms with Crippen LogP contribution in [0, 0.1) is 11.3 Å². The van der Waals surface area contributed by atoms with Gasteiger partial charge in [0.25, 0.3) is 0 Å². The lowest BCUT2D eigenvalue weighted by Gasteiger charge is -2.32. The highest BCUT2D eigenvalue weighted by Crippen LogP contribution is 2.47. The lowest BCUT2D eigenvalue weighted by atomic mass is 9.75. The molecule has 0 radical (unpaired) electrons. The van der Waals surface area contributed by atoms with Gasteiger partial charge in [0.05, 0.1) is 0 Å². The molecule has 2 unspecified atom stereocenters. The van der Waals surface area contributed by atoms with Crippen molar-refractivity contribution in [1.29, 1.82) is 0 Å². The minimum Gasteiger partial charge on any atom is -0.324 e. The molecule has 1 aliphatic carbocycles. The van der Waals surface area contributed by atoms with Crippen molar-refractivity contribution in [1.82, 2.24) is 0 Å². The van der Waals surface area contributed by atoms with Crippen LogP contribution in [-0.2, 0) is 5.41 Å². The smallest absolute Gasteiger partial charge is 0.0328 e. The first-order valence-corrected chi connectivity index (χ1v) is 8.14. The van der Waals surface area contributed by atoms with Crippen molar-refractivity contribution >= 4 is 0 Å². The molecule has 1 aromatic rings. The summed E-state index contributed by atoms with van der Waals surface area (Å²) < 4.78 is 0. The summed E-state index contributed by atoms with van der Waals surface area (Å²) in [6.07, 6.45) is 5.07. The Hall–Kier alpha value is -0.820. The molecule has 0 heterocycles. The second-order valence-electron chi connectivity index (χ2n) is 7.87. The molecular formula is C19H31N. The van der Waals surface area contributed by atoms with E-state index in [4.69, 9.17) is 5.73 Å². The number of hydrogen-bond acceptors (Lipinski definition) is 1. The molecule has 2 N–H and O–H groups in total. The van der Waals surface area contributed by atoms with Gasteiger partial charge in [-0.25, -0.2) is 0 Å². The summed E-state index contributed by atoms with van der Waals surface area (Å²) in [6.45, 7) is 11.6. The van der Waals surface area contributed by atoms with Gasteiger partial charge in [0, 0.05) is 6.04 Å². The van der Waals surface area contributed by atoms with Gasteiger partial charge in [0.15, 0.2) is 0 Å². The fourth-order valence-electron chi connectivity index (χ4n) is 3.61. The monoisotopic (exact) mass is 273 g/mol. The van der Waals surface area contributed by atoms with E-state index in [0.29, 0.717) is 11.3 Å². The molecule has 2 rings (SSSR count). The van der Waals surface area contributed by atoms with Gasteiger partial charge in [-0.1, -0.05) is 65.3 Å². The maximum Gasteiger partial charge on any atom is 0.0328 e. The lowest BCUT2D eigenvalue weighted by molar-refractivity contribution is 0.222. The third-order valence-corrected chi connectivity index (χ3v) is 5.73. The third kappa shape index (κ3) is 2.93. The Bertz CT molecular complexity index is 441. The molecule has 1 aliphatic rings. The Morgan fingerprint density at radius 2 is 1.85 bits per heavy atom. The Labute approximate surface area is 125 Å². The standard InChI is InChI=1S/C19H31N/c1-6-18(2,3)15-11-9-14(10-12-15)17(20)16-8-7-13-19(16,4)5/h9-12,16-17H,6-8,13,20H2,1-5H3. The zero-order valence-electron chi connectivity index (χ0n) is 13.9. The highest BCUT2D eigenvalue weighted by atomic mass is 14.7. The van der Waals surface area contributed by atoms with Crippen LogP contribution in [0.5, 0.6) is 0 Å². The van der Waals surface area contributed by atoms with E-state index >= 15 is 0 Å². The van der Waals surface area contributed by atoms with Crippen LogP contribution in [0.15, 0.2) is 24.3 Å². The quantitative estimate of drug-likeness (QED) is 0.801. The maximum absolute atomic E-state index is 6.57. The van der Waals surface area contributed by atoms with Crippen LogP contribution >= 0.6 is 0 Å². The van der Waals surface area contributed by atoms with Crippen LogP contribution in [0.1, 0.15) is 77.5 Å². The van der Waals surface area contributed by atoms with Crippen molar-refractivity contribution in [2.45, 2.75) is 71.8 Å². The van der Waals surface area contributed by atoms with Gasteiger partial charge in [0.1, 0.15) is 0 Å². The van der Waals surface area contributed by atoms with Crippen LogP contribution < -0.4 is 5.73 Å². The predicted molar refractivity (Wildman–Crippen MR) is 87.8 cm³/mol. The molecule has 0 amide bonds. The van der Waals surface area contributed by atoms with Gasteiger partial charge in [-0.2, -0.15) is 0 Å². The second-order valence-corrected chi connectivity index (χ2v) is 7.87. The first kappa shape index (κ1) is 15.6. The van der Waals surface area contributed by atoms with E-state index in [9.17, 15) is 0 Å². The van der Waals surface area contributed by atoms with Crippen LogP contribution in [0.2, 0.25) is 0 Å². The molecule has 20 heavy (non-hydrogen) atoms. The summed E-state index contributed by atoms with van der Waals surface area (Å²) in [5.41, 5.74) is 9.94. The zero-order valence-corrected chi connectivity index (χ0v) is 13.9. The maximum atomic E-state index is 6.57. The van der Waals surface area contributed by atoms with E-state index in [1.165, 1.54) is 30.4 Å². The first-order valence-electron chi connectivity index (χ1n) is 8.14. The molecule has 0 bridgehead atoms. The largest absolute Gasteiger partial charge is 0.324 e.